The van der Waals surface area contributed by atoms with Gasteiger partial charge in [-0.05, 0) is 56.5 Å². The van der Waals surface area contributed by atoms with Crippen molar-refractivity contribution in [3.05, 3.63) is 35.4 Å². The van der Waals surface area contributed by atoms with E-state index in [1.807, 2.05) is 0 Å². The molecule has 0 aromatic heterocycles. The molecule has 1 fully saturated rings. The molecule has 0 aliphatic carbocycles. The van der Waals surface area contributed by atoms with Gasteiger partial charge >= 0.3 is 0 Å². The van der Waals surface area contributed by atoms with Crippen LogP contribution in [0.15, 0.2) is 18.2 Å². The van der Waals surface area contributed by atoms with Crippen molar-refractivity contribution in [1.29, 1.82) is 0 Å². The molecule has 100 valence electrons. The molecule has 1 aromatic rings. The summed E-state index contributed by atoms with van der Waals surface area (Å²) in [5.41, 5.74) is 6.37. The summed E-state index contributed by atoms with van der Waals surface area (Å²) >= 11 is 0. The number of rotatable bonds is 5. The Morgan fingerprint density at radius 2 is 2.11 bits per heavy atom. The van der Waals surface area contributed by atoms with Crippen LogP contribution in [-0.2, 0) is 6.54 Å². The van der Waals surface area contributed by atoms with Crippen LogP contribution in [0.25, 0.3) is 0 Å². The largest absolute Gasteiger partial charge is 0.330 e. The van der Waals surface area contributed by atoms with Gasteiger partial charge in [-0.15, -0.1) is 0 Å². The van der Waals surface area contributed by atoms with Crippen molar-refractivity contribution in [1.82, 2.24) is 4.90 Å². The molecule has 4 heteroatoms. The fourth-order valence-corrected chi connectivity index (χ4v) is 2.66. The van der Waals surface area contributed by atoms with Gasteiger partial charge in [0.15, 0.2) is 11.6 Å². The lowest BCUT2D eigenvalue weighted by atomic mass is 10.1. The molecule has 1 heterocycles. The molecule has 2 N–H and O–H groups in total. The number of hydrogen-bond donors (Lipinski definition) is 1. The van der Waals surface area contributed by atoms with E-state index in [4.69, 9.17) is 5.73 Å². The van der Waals surface area contributed by atoms with Crippen LogP contribution >= 0.6 is 0 Å². The zero-order valence-corrected chi connectivity index (χ0v) is 10.5. The highest BCUT2D eigenvalue weighted by Gasteiger charge is 2.23. The monoisotopic (exact) mass is 254 g/mol. The first kappa shape index (κ1) is 13.4. The molecule has 0 saturated carbocycles. The summed E-state index contributed by atoms with van der Waals surface area (Å²) < 4.78 is 26.0. The number of nitrogens with two attached hydrogens (primary N) is 1. The molecular formula is C14H20F2N2. The average Bonchev–Trinajstić information content (AvgIpc) is 2.79. The Hall–Kier alpha value is -1.00. The molecule has 1 aromatic carbocycles. The van der Waals surface area contributed by atoms with Crippen LogP contribution in [0.3, 0.4) is 0 Å². The van der Waals surface area contributed by atoms with E-state index < -0.39 is 11.6 Å². The third-order valence-electron chi connectivity index (χ3n) is 3.61. The third kappa shape index (κ3) is 3.27. The van der Waals surface area contributed by atoms with Crippen LogP contribution in [0, 0.1) is 11.6 Å². The SMILES string of the molecule is NCCCC1CCCN1Cc1ccc(F)c(F)c1. The Balaban J connectivity index is 1.96. The number of benzene rings is 1. The van der Waals surface area contributed by atoms with Crippen molar-refractivity contribution in [2.45, 2.75) is 38.3 Å². The minimum Gasteiger partial charge on any atom is -0.330 e. The fourth-order valence-electron chi connectivity index (χ4n) is 2.66. The van der Waals surface area contributed by atoms with Crippen molar-refractivity contribution in [3.63, 3.8) is 0 Å². The first-order valence-electron chi connectivity index (χ1n) is 6.58. The molecule has 2 rings (SSSR count). The van der Waals surface area contributed by atoms with Crippen LogP contribution in [0.5, 0.6) is 0 Å². The predicted octanol–water partition coefficient (Wildman–Crippen LogP) is 2.67. The fraction of sp³-hybridized carbons (Fsp3) is 0.571. The van der Waals surface area contributed by atoms with E-state index in [9.17, 15) is 8.78 Å². The lowest BCUT2D eigenvalue weighted by molar-refractivity contribution is 0.232. The van der Waals surface area contributed by atoms with Crippen LogP contribution in [0.2, 0.25) is 0 Å². The lowest BCUT2D eigenvalue weighted by Gasteiger charge is -2.24. The topological polar surface area (TPSA) is 29.3 Å². The van der Waals surface area contributed by atoms with Gasteiger partial charge in [0.2, 0.25) is 0 Å². The van der Waals surface area contributed by atoms with Gasteiger partial charge in [0.1, 0.15) is 0 Å². The minimum absolute atomic E-state index is 0.543. The highest BCUT2D eigenvalue weighted by Crippen LogP contribution is 2.23. The Bertz CT molecular complexity index is 395. The van der Waals surface area contributed by atoms with Crippen LogP contribution in [-0.4, -0.2) is 24.0 Å². The van der Waals surface area contributed by atoms with Crippen LogP contribution < -0.4 is 5.73 Å². The Labute approximate surface area is 107 Å². The third-order valence-corrected chi connectivity index (χ3v) is 3.61. The van der Waals surface area contributed by atoms with E-state index in [0.29, 0.717) is 12.6 Å². The zero-order chi connectivity index (χ0) is 13.0. The molecule has 0 radical (unpaired) electrons. The molecule has 0 amide bonds. The second-order valence-electron chi connectivity index (χ2n) is 4.95. The molecule has 1 aliphatic heterocycles. The first-order chi connectivity index (χ1) is 8.70. The van der Waals surface area contributed by atoms with E-state index in [-0.39, 0.29) is 0 Å². The van der Waals surface area contributed by atoms with Crippen molar-refractivity contribution in [2.24, 2.45) is 5.73 Å². The number of likely N-dealkylation sites (tertiary alicyclic amines) is 1. The summed E-state index contributed by atoms with van der Waals surface area (Å²) in [5.74, 6) is -1.54. The summed E-state index contributed by atoms with van der Waals surface area (Å²) in [6.45, 7) is 2.45. The average molecular weight is 254 g/mol. The van der Waals surface area contributed by atoms with Crippen molar-refractivity contribution in [2.75, 3.05) is 13.1 Å². The number of halogens is 2. The summed E-state index contributed by atoms with van der Waals surface area (Å²) in [6, 6.07) is 4.71. The molecular weight excluding hydrogens is 234 g/mol. The van der Waals surface area contributed by atoms with Crippen LogP contribution in [0.1, 0.15) is 31.2 Å². The Kier molecular flexibility index (Phi) is 4.66. The summed E-state index contributed by atoms with van der Waals surface area (Å²) in [4.78, 5) is 2.35. The molecule has 0 bridgehead atoms. The van der Waals surface area contributed by atoms with Crippen LogP contribution in [0.4, 0.5) is 8.78 Å². The van der Waals surface area contributed by atoms with Crippen molar-refractivity contribution in [3.8, 4) is 0 Å². The van der Waals surface area contributed by atoms with Crippen molar-refractivity contribution >= 4 is 0 Å². The predicted molar refractivity (Wildman–Crippen MR) is 68.1 cm³/mol. The summed E-state index contributed by atoms with van der Waals surface area (Å²) in [7, 11) is 0. The second-order valence-corrected chi connectivity index (χ2v) is 4.95. The smallest absolute Gasteiger partial charge is 0.159 e. The van der Waals surface area contributed by atoms with E-state index in [2.05, 4.69) is 4.90 Å². The van der Waals surface area contributed by atoms with Gasteiger partial charge in [0, 0.05) is 12.6 Å². The van der Waals surface area contributed by atoms with E-state index in [1.165, 1.54) is 25.0 Å². The van der Waals surface area contributed by atoms with Gasteiger partial charge in [0.05, 0.1) is 0 Å². The van der Waals surface area contributed by atoms with E-state index >= 15 is 0 Å². The Morgan fingerprint density at radius 1 is 1.28 bits per heavy atom. The summed E-state index contributed by atoms with van der Waals surface area (Å²) in [5, 5.41) is 0. The number of hydrogen-bond acceptors (Lipinski definition) is 2. The van der Waals surface area contributed by atoms with Gasteiger partial charge in [0.25, 0.3) is 0 Å². The molecule has 1 atom stereocenters. The number of nitrogens with zero attached hydrogens (tertiary/aromatic N) is 1. The maximum absolute atomic E-state index is 13.1. The minimum atomic E-state index is -0.778. The maximum Gasteiger partial charge on any atom is 0.159 e. The van der Waals surface area contributed by atoms with Gasteiger partial charge < -0.3 is 5.73 Å². The molecule has 1 saturated heterocycles. The molecule has 0 spiro atoms. The standard InChI is InChI=1S/C14H20F2N2/c15-13-6-5-11(9-14(13)16)10-18-8-2-4-12(18)3-1-7-17/h5-6,9,12H,1-4,7-8,10,17H2. The lowest BCUT2D eigenvalue weighted by Crippen LogP contribution is -2.29. The molecule has 1 unspecified atom stereocenters. The molecule has 1 aliphatic rings. The maximum atomic E-state index is 13.1. The Morgan fingerprint density at radius 3 is 2.83 bits per heavy atom. The highest BCUT2D eigenvalue weighted by molar-refractivity contribution is 5.18. The van der Waals surface area contributed by atoms with E-state index in [1.54, 1.807) is 6.07 Å². The summed E-state index contributed by atoms with van der Waals surface area (Å²) in [6.07, 6.45) is 4.49. The second kappa shape index (κ2) is 6.25. The molecule has 18 heavy (non-hydrogen) atoms. The highest BCUT2D eigenvalue weighted by atomic mass is 19.2. The van der Waals surface area contributed by atoms with Gasteiger partial charge in [-0.25, -0.2) is 8.78 Å². The van der Waals surface area contributed by atoms with Crippen molar-refractivity contribution < 1.29 is 8.78 Å². The van der Waals surface area contributed by atoms with Gasteiger partial charge in [-0.2, -0.15) is 0 Å². The normalized spacial score (nSPS) is 20.5. The van der Waals surface area contributed by atoms with Gasteiger partial charge in [-0.3, -0.25) is 4.90 Å². The first-order valence-corrected chi connectivity index (χ1v) is 6.58. The van der Waals surface area contributed by atoms with Gasteiger partial charge in [-0.1, -0.05) is 6.07 Å². The molecule has 2 nitrogen and oxygen atoms in total. The van der Waals surface area contributed by atoms with E-state index in [0.717, 1.165) is 31.5 Å². The zero-order valence-electron chi connectivity index (χ0n) is 10.5. The quantitative estimate of drug-likeness (QED) is 0.875.